The maximum atomic E-state index is 11.9. The van der Waals surface area contributed by atoms with Crippen LogP contribution in [-0.4, -0.2) is 88.8 Å². The predicted octanol–water partition coefficient (Wildman–Crippen LogP) is 0.144. The summed E-state index contributed by atoms with van der Waals surface area (Å²) in [6.07, 6.45) is -0.963. The van der Waals surface area contributed by atoms with Gasteiger partial charge in [-0.3, -0.25) is 14.2 Å². The Morgan fingerprint density at radius 1 is 1.15 bits per heavy atom. The first-order valence-electron chi connectivity index (χ1n) is 10.7. The van der Waals surface area contributed by atoms with Gasteiger partial charge >= 0.3 is 18.0 Å². The maximum absolute atomic E-state index is 11.9. The van der Waals surface area contributed by atoms with Crippen molar-refractivity contribution in [2.75, 3.05) is 32.2 Å². The quantitative estimate of drug-likeness (QED) is 0.409. The molecule has 2 aromatic rings. The molecule has 0 aromatic carbocycles. The number of aromatic nitrogens is 4. The molecule has 2 saturated heterocycles. The Morgan fingerprint density at radius 3 is 2.59 bits per heavy atom. The van der Waals surface area contributed by atoms with Gasteiger partial charge in [0.1, 0.15) is 19.0 Å². The van der Waals surface area contributed by atoms with Gasteiger partial charge in [0.25, 0.3) is 0 Å². The number of ether oxygens (including phenoxy) is 5. The zero-order valence-electron chi connectivity index (χ0n) is 18.9. The van der Waals surface area contributed by atoms with E-state index >= 15 is 0 Å². The number of nitrogens with zero attached hydrogens (tertiary/aromatic N) is 4. The van der Waals surface area contributed by atoms with Crippen LogP contribution in [0.2, 0.25) is 0 Å². The smallest absolute Gasteiger partial charge is 0.406 e. The summed E-state index contributed by atoms with van der Waals surface area (Å²) in [5.74, 6) is -0.692. The topological polar surface area (TPSA) is 165 Å². The van der Waals surface area contributed by atoms with Crippen molar-refractivity contribution in [1.82, 2.24) is 24.8 Å². The number of hydrogen-bond acceptors (Lipinski definition) is 12. The first-order valence-corrected chi connectivity index (χ1v) is 10.7. The Kier molecular flexibility index (Phi) is 7.07. The van der Waals surface area contributed by atoms with Gasteiger partial charge in [-0.15, -0.1) is 0 Å². The van der Waals surface area contributed by atoms with Crippen molar-refractivity contribution in [3.63, 3.8) is 0 Å². The molecule has 2 N–H and O–H groups in total. The molecule has 2 fully saturated rings. The lowest BCUT2D eigenvalue weighted by Gasteiger charge is -2.23. The fourth-order valence-corrected chi connectivity index (χ4v) is 3.93. The number of amides is 1. The van der Waals surface area contributed by atoms with Gasteiger partial charge in [-0.1, -0.05) is 0 Å². The molecular weight excluding hydrogens is 452 g/mol. The molecule has 2 aliphatic rings. The van der Waals surface area contributed by atoms with Gasteiger partial charge in [-0.2, -0.15) is 0 Å². The molecule has 34 heavy (non-hydrogen) atoms. The average Bonchev–Trinajstić information content (AvgIpc) is 3.52. The maximum Gasteiger partial charge on any atom is 0.406 e. The van der Waals surface area contributed by atoms with Crippen molar-refractivity contribution < 1.29 is 38.1 Å². The van der Waals surface area contributed by atoms with Crippen molar-refractivity contribution in [3.8, 4) is 0 Å². The van der Waals surface area contributed by atoms with Crippen LogP contribution in [0.1, 0.15) is 26.5 Å². The standard InChI is InChI=1S/C20H26N6O8/c1-10(27)32-15-13(7-31-20(29)21-3)34-19(16(15)33-11(2)28)26-9-24-14-17(22-8-23-18(14)26)25-12-4-5-30-6-12/h8-9,12-13,15-16,19H,4-7H2,1-3H3,(H,21,29)(H,22,23,25)/t12-,13?,15?,16?,19?/m1/s1. The lowest BCUT2D eigenvalue weighted by molar-refractivity contribution is -0.165. The number of rotatable bonds is 7. The van der Waals surface area contributed by atoms with Gasteiger partial charge in [0.15, 0.2) is 35.4 Å². The van der Waals surface area contributed by atoms with Crippen LogP contribution in [0.25, 0.3) is 11.2 Å². The molecule has 0 spiro atoms. The monoisotopic (exact) mass is 478 g/mol. The highest BCUT2D eigenvalue weighted by Gasteiger charge is 2.51. The predicted molar refractivity (Wildman–Crippen MR) is 114 cm³/mol. The summed E-state index contributed by atoms with van der Waals surface area (Å²) >= 11 is 0. The SMILES string of the molecule is CNC(=O)OCC1OC(n2cnc3c(N[C@@H]4CCOC4)ncnc32)C(OC(C)=O)C1OC(C)=O. The van der Waals surface area contributed by atoms with Crippen LogP contribution in [0.4, 0.5) is 10.6 Å². The summed E-state index contributed by atoms with van der Waals surface area (Å²) in [7, 11) is 1.41. The molecule has 184 valence electrons. The summed E-state index contributed by atoms with van der Waals surface area (Å²) in [6.45, 7) is 3.43. The number of hydrogen-bond donors (Lipinski definition) is 2. The van der Waals surface area contributed by atoms with E-state index in [4.69, 9.17) is 23.7 Å². The molecule has 2 aromatic heterocycles. The minimum absolute atomic E-state index is 0.0966. The van der Waals surface area contributed by atoms with Crippen molar-refractivity contribution in [2.45, 2.75) is 50.8 Å². The average molecular weight is 478 g/mol. The van der Waals surface area contributed by atoms with E-state index in [2.05, 4.69) is 25.6 Å². The van der Waals surface area contributed by atoms with E-state index in [1.165, 1.54) is 33.5 Å². The first kappa shape index (κ1) is 23.6. The Hall–Kier alpha value is -3.52. The number of alkyl carbamates (subject to hydrolysis) is 1. The van der Waals surface area contributed by atoms with Crippen LogP contribution in [0.15, 0.2) is 12.7 Å². The molecule has 2 aliphatic heterocycles. The Balaban J connectivity index is 1.66. The molecule has 4 heterocycles. The fourth-order valence-electron chi connectivity index (χ4n) is 3.93. The van der Waals surface area contributed by atoms with Crippen molar-refractivity contribution in [3.05, 3.63) is 12.7 Å². The van der Waals surface area contributed by atoms with Crippen LogP contribution < -0.4 is 10.6 Å². The molecule has 4 rings (SSSR count). The molecule has 14 heteroatoms. The Labute approximate surface area is 194 Å². The summed E-state index contributed by atoms with van der Waals surface area (Å²) < 4.78 is 29.0. The normalized spacial score (nSPS) is 26.3. The van der Waals surface area contributed by atoms with Crippen LogP contribution in [0.5, 0.6) is 0 Å². The van der Waals surface area contributed by atoms with E-state index < -0.39 is 42.6 Å². The highest BCUT2D eigenvalue weighted by atomic mass is 16.7. The van der Waals surface area contributed by atoms with Crippen molar-refractivity contribution >= 4 is 35.0 Å². The van der Waals surface area contributed by atoms with Gasteiger partial charge in [0.05, 0.1) is 19.0 Å². The van der Waals surface area contributed by atoms with Gasteiger partial charge in [-0.05, 0) is 6.42 Å². The van der Waals surface area contributed by atoms with Crippen LogP contribution in [0.3, 0.4) is 0 Å². The minimum atomic E-state index is -1.05. The van der Waals surface area contributed by atoms with Gasteiger partial charge < -0.3 is 34.3 Å². The first-order chi connectivity index (χ1) is 16.4. The highest BCUT2D eigenvalue weighted by molar-refractivity contribution is 5.83. The van der Waals surface area contributed by atoms with E-state index in [0.717, 1.165) is 6.42 Å². The van der Waals surface area contributed by atoms with E-state index in [0.29, 0.717) is 30.2 Å². The van der Waals surface area contributed by atoms with Crippen LogP contribution >= 0.6 is 0 Å². The summed E-state index contributed by atoms with van der Waals surface area (Å²) in [6, 6.07) is 0.0966. The number of imidazole rings is 1. The Bertz CT molecular complexity index is 1050. The van der Waals surface area contributed by atoms with E-state index in [9.17, 15) is 14.4 Å². The van der Waals surface area contributed by atoms with Gasteiger partial charge in [-0.25, -0.2) is 19.7 Å². The molecular formula is C20H26N6O8. The third-order valence-corrected chi connectivity index (χ3v) is 5.38. The number of nitrogens with one attached hydrogen (secondary N) is 2. The molecule has 1 amide bonds. The van der Waals surface area contributed by atoms with Crippen LogP contribution in [0, 0.1) is 0 Å². The van der Waals surface area contributed by atoms with Crippen molar-refractivity contribution in [2.24, 2.45) is 0 Å². The van der Waals surface area contributed by atoms with Gasteiger partial charge in [0, 0.05) is 27.5 Å². The molecule has 0 bridgehead atoms. The number of carbonyl (C=O) groups excluding carboxylic acids is 3. The second-order valence-electron chi connectivity index (χ2n) is 7.81. The zero-order valence-corrected chi connectivity index (χ0v) is 18.9. The second-order valence-corrected chi connectivity index (χ2v) is 7.81. The molecule has 14 nitrogen and oxygen atoms in total. The number of carbonyl (C=O) groups is 3. The second kappa shape index (κ2) is 10.2. The van der Waals surface area contributed by atoms with Crippen molar-refractivity contribution in [1.29, 1.82) is 0 Å². The van der Waals surface area contributed by atoms with E-state index in [1.54, 1.807) is 4.57 Å². The Morgan fingerprint density at radius 2 is 1.91 bits per heavy atom. The lowest BCUT2D eigenvalue weighted by Crippen LogP contribution is -2.41. The molecule has 0 saturated carbocycles. The van der Waals surface area contributed by atoms with E-state index in [-0.39, 0.29) is 12.6 Å². The number of fused-ring (bicyclic) bond motifs is 1. The highest BCUT2D eigenvalue weighted by Crippen LogP contribution is 2.36. The molecule has 0 aliphatic carbocycles. The summed E-state index contributed by atoms with van der Waals surface area (Å²) in [5, 5.41) is 5.63. The third-order valence-electron chi connectivity index (χ3n) is 5.38. The summed E-state index contributed by atoms with van der Waals surface area (Å²) in [5.41, 5.74) is 0.890. The summed E-state index contributed by atoms with van der Waals surface area (Å²) in [4.78, 5) is 48.3. The lowest BCUT2D eigenvalue weighted by atomic mass is 10.1. The van der Waals surface area contributed by atoms with Crippen LogP contribution in [-0.2, 0) is 33.3 Å². The van der Waals surface area contributed by atoms with E-state index in [1.807, 2.05) is 0 Å². The minimum Gasteiger partial charge on any atom is -0.455 e. The zero-order chi connectivity index (χ0) is 24.2. The van der Waals surface area contributed by atoms with Gasteiger partial charge in [0.2, 0.25) is 0 Å². The fraction of sp³-hybridized carbons (Fsp3) is 0.600. The third kappa shape index (κ3) is 5.02. The molecule has 0 radical (unpaired) electrons. The molecule has 5 atom stereocenters. The molecule has 4 unspecified atom stereocenters. The number of anilines is 1. The largest absolute Gasteiger partial charge is 0.455 e. The number of esters is 2.